The molecule has 9 nitrogen and oxygen atoms in total. The predicted octanol–water partition coefficient (Wildman–Crippen LogP) is 1.55. The highest BCUT2D eigenvalue weighted by atomic mass is 32.2. The minimum absolute atomic E-state index is 0.0346. The lowest BCUT2D eigenvalue weighted by Gasteiger charge is -2.53. The van der Waals surface area contributed by atoms with Gasteiger partial charge in [-0.3, -0.25) is 29.9 Å². The maximum Gasteiger partial charge on any atom is 0.331 e. The van der Waals surface area contributed by atoms with Crippen molar-refractivity contribution in [2.75, 3.05) is 23.0 Å². The third-order valence-corrected chi connectivity index (χ3v) is 6.73. The highest BCUT2D eigenvalue weighted by Crippen LogP contribution is 2.47. The molecule has 2 fully saturated rings. The zero-order valence-electron chi connectivity index (χ0n) is 15.5. The Morgan fingerprint density at radius 3 is 2.75 bits per heavy atom. The molecule has 1 aromatic carbocycles. The molecule has 0 saturated carbocycles. The van der Waals surface area contributed by atoms with Gasteiger partial charge in [-0.1, -0.05) is 0 Å². The fraction of sp³-hybridized carbons (Fsp3) is 0.500. The SMILES string of the molecule is CC(C)N1C(=O)NC(=O)[C@@]2(Cc3cc([N+](=O)[O-])ccc3N3CCSC[C@@H]32)C1=O. The summed E-state index contributed by atoms with van der Waals surface area (Å²) in [5.74, 6) is 0.251. The number of amides is 4. The van der Waals surface area contributed by atoms with E-state index in [-0.39, 0.29) is 12.1 Å². The Morgan fingerprint density at radius 1 is 1.32 bits per heavy atom. The highest BCUT2D eigenvalue weighted by molar-refractivity contribution is 7.99. The summed E-state index contributed by atoms with van der Waals surface area (Å²) in [6.45, 7) is 4.06. The van der Waals surface area contributed by atoms with Crippen LogP contribution in [0.1, 0.15) is 19.4 Å². The smallest absolute Gasteiger partial charge is 0.331 e. The maximum atomic E-state index is 13.5. The van der Waals surface area contributed by atoms with Crippen molar-refractivity contribution < 1.29 is 19.3 Å². The summed E-state index contributed by atoms with van der Waals surface area (Å²) in [6.07, 6.45) is 0.0346. The first-order valence-electron chi connectivity index (χ1n) is 9.08. The molecule has 0 aliphatic carbocycles. The number of thioether (sulfide) groups is 1. The first-order valence-corrected chi connectivity index (χ1v) is 10.2. The molecule has 0 unspecified atom stereocenters. The number of nitro benzene ring substituents is 1. The number of nitrogens with one attached hydrogen (secondary N) is 1. The number of nitrogens with zero attached hydrogens (tertiary/aromatic N) is 3. The molecule has 1 N–H and O–H groups in total. The minimum atomic E-state index is -1.48. The summed E-state index contributed by atoms with van der Waals surface area (Å²) >= 11 is 1.66. The van der Waals surface area contributed by atoms with E-state index in [4.69, 9.17) is 0 Å². The Kier molecular flexibility index (Phi) is 4.33. The monoisotopic (exact) mass is 404 g/mol. The van der Waals surface area contributed by atoms with Crippen LogP contribution in [0, 0.1) is 15.5 Å². The van der Waals surface area contributed by atoms with Crippen molar-refractivity contribution in [3.05, 3.63) is 33.9 Å². The lowest BCUT2D eigenvalue weighted by Crippen LogP contribution is -2.74. The Bertz CT molecular complexity index is 904. The predicted molar refractivity (Wildman–Crippen MR) is 103 cm³/mol. The zero-order valence-corrected chi connectivity index (χ0v) is 16.3. The molecule has 0 bridgehead atoms. The third-order valence-electron chi connectivity index (χ3n) is 5.71. The van der Waals surface area contributed by atoms with E-state index >= 15 is 0 Å². The lowest BCUT2D eigenvalue weighted by molar-refractivity contribution is -0.384. The molecule has 28 heavy (non-hydrogen) atoms. The second-order valence-corrected chi connectivity index (χ2v) is 8.68. The molecule has 148 valence electrons. The van der Waals surface area contributed by atoms with Gasteiger partial charge in [-0.05, 0) is 25.5 Å². The van der Waals surface area contributed by atoms with Crippen molar-refractivity contribution in [1.82, 2.24) is 10.2 Å². The highest BCUT2D eigenvalue weighted by Gasteiger charge is 2.62. The van der Waals surface area contributed by atoms with Crippen LogP contribution in [0.3, 0.4) is 0 Å². The van der Waals surface area contributed by atoms with E-state index in [0.29, 0.717) is 17.9 Å². The van der Waals surface area contributed by atoms with Crippen LogP contribution in [0.25, 0.3) is 0 Å². The fourth-order valence-electron chi connectivity index (χ4n) is 4.42. The third kappa shape index (κ3) is 2.50. The van der Waals surface area contributed by atoms with E-state index in [1.165, 1.54) is 12.1 Å². The van der Waals surface area contributed by atoms with E-state index < -0.39 is 40.3 Å². The van der Waals surface area contributed by atoms with Crippen molar-refractivity contribution in [1.29, 1.82) is 0 Å². The average molecular weight is 404 g/mol. The Balaban J connectivity index is 1.89. The lowest BCUT2D eigenvalue weighted by atomic mass is 9.68. The van der Waals surface area contributed by atoms with Crippen molar-refractivity contribution in [2.24, 2.45) is 5.41 Å². The summed E-state index contributed by atoms with van der Waals surface area (Å²) in [4.78, 5) is 52.8. The average Bonchev–Trinajstić information content (AvgIpc) is 2.65. The first kappa shape index (κ1) is 18.7. The molecule has 1 spiro atoms. The number of hydrogen-bond donors (Lipinski definition) is 1. The standard InChI is InChI=1S/C18H20N4O5S/c1-10(2)21-16(24)18(15(23)19-17(21)25)8-11-7-12(22(26)27)3-4-13(11)20-5-6-28-9-14(18)20/h3-4,7,10,14H,5-6,8-9H2,1-2H3,(H,19,23,25)/t14-,18+/m1/s1. The number of barbiturate groups is 1. The molecule has 4 rings (SSSR count). The first-order chi connectivity index (χ1) is 13.3. The summed E-state index contributed by atoms with van der Waals surface area (Å²) in [5.41, 5.74) is -0.165. The molecular formula is C18H20N4O5S. The summed E-state index contributed by atoms with van der Waals surface area (Å²) in [5, 5.41) is 13.6. The molecule has 3 heterocycles. The van der Waals surface area contributed by atoms with E-state index in [0.717, 1.165) is 16.3 Å². The van der Waals surface area contributed by atoms with Crippen LogP contribution in [0.2, 0.25) is 0 Å². The molecule has 0 aromatic heterocycles. The number of carbonyl (C=O) groups excluding carboxylic acids is 3. The summed E-state index contributed by atoms with van der Waals surface area (Å²) in [7, 11) is 0. The van der Waals surface area contributed by atoms with Gasteiger partial charge in [0, 0.05) is 48.3 Å². The zero-order chi connectivity index (χ0) is 20.2. The molecule has 2 saturated heterocycles. The van der Waals surface area contributed by atoms with Crippen LogP contribution in [0.4, 0.5) is 16.2 Å². The number of hydrogen-bond acceptors (Lipinski definition) is 7. The van der Waals surface area contributed by atoms with Gasteiger partial charge in [0.15, 0.2) is 5.41 Å². The number of anilines is 1. The quantitative estimate of drug-likeness (QED) is 0.452. The van der Waals surface area contributed by atoms with Gasteiger partial charge in [0.25, 0.3) is 5.69 Å². The molecule has 4 amide bonds. The van der Waals surface area contributed by atoms with Gasteiger partial charge in [0.1, 0.15) is 0 Å². The summed E-state index contributed by atoms with van der Waals surface area (Å²) < 4.78 is 0. The number of rotatable bonds is 2. The molecule has 3 aliphatic rings. The number of nitro groups is 1. The van der Waals surface area contributed by atoms with Gasteiger partial charge in [-0.25, -0.2) is 4.79 Å². The number of carbonyl (C=O) groups is 3. The number of benzene rings is 1. The van der Waals surface area contributed by atoms with E-state index in [9.17, 15) is 24.5 Å². The molecule has 1 aromatic rings. The van der Waals surface area contributed by atoms with Crippen LogP contribution in [0.15, 0.2) is 18.2 Å². The van der Waals surface area contributed by atoms with Gasteiger partial charge in [-0.15, -0.1) is 0 Å². The van der Waals surface area contributed by atoms with Gasteiger partial charge >= 0.3 is 6.03 Å². The van der Waals surface area contributed by atoms with Gasteiger partial charge in [-0.2, -0.15) is 11.8 Å². The Hall–Kier alpha value is -2.62. The Labute approximate surface area is 165 Å². The van der Waals surface area contributed by atoms with Crippen molar-refractivity contribution in [3.63, 3.8) is 0 Å². The second-order valence-electron chi connectivity index (χ2n) is 7.53. The number of non-ortho nitro benzene ring substituents is 1. The molecular weight excluding hydrogens is 384 g/mol. The van der Waals surface area contributed by atoms with Crippen LogP contribution in [-0.4, -0.2) is 57.8 Å². The van der Waals surface area contributed by atoms with Crippen LogP contribution < -0.4 is 10.2 Å². The van der Waals surface area contributed by atoms with Crippen molar-refractivity contribution in [3.8, 4) is 0 Å². The molecule has 0 radical (unpaired) electrons. The number of urea groups is 1. The van der Waals surface area contributed by atoms with E-state index in [1.807, 2.05) is 4.90 Å². The second kappa shape index (κ2) is 6.47. The van der Waals surface area contributed by atoms with E-state index in [1.54, 1.807) is 31.7 Å². The van der Waals surface area contributed by atoms with E-state index in [2.05, 4.69) is 5.32 Å². The Morgan fingerprint density at radius 2 is 2.07 bits per heavy atom. The van der Waals surface area contributed by atoms with Crippen molar-refractivity contribution in [2.45, 2.75) is 32.4 Å². The fourth-order valence-corrected chi connectivity index (χ4v) is 5.60. The topological polar surface area (TPSA) is 113 Å². The number of fused-ring (bicyclic) bond motifs is 4. The van der Waals surface area contributed by atoms with Crippen molar-refractivity contribution >= 4 is 41.0 Å². The van der Waals surface area contributed by atoms with Crippen LogP contribution in [-0.2, 0) is 16.0 Å². The molecule has 10 heteroatoms. The number of imide groups is 2. The van der Waals surface area contributed by atoms with Gasteiger partial charge in [0.2, 0.25) is 11.8 Å². The van der Waals surface area contributed by atoms with Crippen LogP contribution in [0.5, 0.6) is 0 Å². The maximum absolute atomic E-state index is 13.5. The largest absolute Gasteiger partial charge is 0.365 e. The van der Waals surface area contributed by atoms with Gasteiger partial charge in [0.05, 0.1) is 11.0 Å². The summed E-state index contributed by atoms with van der Waals surface area (Å²) in [6, 6.07) is 3.04. The minimum Gasteiger partial charge on any atom is -0.365 e. The van der Waals surface area contributed by atoms with Gasteiger partial charge < -0.3 is 4.90 Å². The molecule has 3 aliphatic heterocycles. The molecule has 2 atom stereocenters. The van der Waals surface area contributed by atoms with Crippen LogP contribution >= 0.6 is 11.8 Å². The normalized spacial score (nSPS) is 27.0.